The molecule has 92 valence electrons. The Balaban J connectivity index is 2.60. The minimum Gasteiger partial charge on any atom is -0.366 e. The molecule has 5 nitrogen and oxygen atoms in total. The summed E-state index contributed by atoms with van der Waals surface area (Å²) in [5.74, 6) is -0.491. The van der Waals surface area contributed by atoms with E-state index in [0.717, 1.165) is 11.1 Å². The van der Waals surface area contributed by atoms with Crippen molar-refractivity contribution in [3.63, 3.8) is 0 Å². The first-order chi connectivity index (χ1) is 8.04. The molecule has 0 saturated carbocycles. The molecule has 0 bridgehead atoms. The molecule has 1 rings (SSSR count). The molecule has 0 saturated heterocycles. The van der Waals surface area contributed by atoms with Crippen molar-refractivity contribution in [2.45, 2.75) is 13.5 Å². The molecule has 1 aromatic carbocycles. The van der Waals surface area contributed by atoms with Crippen molar-refractivity contribution in [1.82, 2.24) is 10.6 Å². The third-order valence-corrected chi connectivity index (χ3v) is 2.51. The van der Waals surface area contributed by atoms with E-state index in [1.807, 2.05) is 13.0 Å². The summed E-state index contributed by atoms with van der Waals surface area (Å²) in [5.41, 5.74) is 7.70. The Kier molecular flexibility index (Phi) is 4.66. The monoisotopic (exact) mass is 235 g/mol. The van der Waals surface area contributed by atoms with E-state index in [9.17, 15) is 9.59 Å². The Morgan fingerprint density at radius 3 is 2.59 bits per heavy atom. The minimum absolute atomic E-state index is 0.0589. The first kappa shape index (κ1) is 13.2. The summed E-state index contributed by atoms with van der Waals surface area (Å²) in [6, 6.07) is 5.28. The Morgan fingerprint density at radius 1 is 1.35 bits per heavy atom. The fourth-order valence-electron chi connectivity index (χ4n) is 1.45. The molecule has 2 amide bonds. The molecule has 5 heteroatoms. The van der Waals surface area contributed by atoms with Crippen molar-refractivity contribution in [2.75, 3.05) is 13.6 Å². The standard InChI is InChI=1S/C12H17N3O2/c1-8-5-9(12(13)17)3-4-10(8)6-15-7-11(16)14-2/h3-5,15H,6-7H2,1-2H3,(H2,13,17)(H,14,16). The topological polar surface area (TPSA) is 84.2 Å². The lowest BCUT2D eigenvalue weighted by molar-refractivity contribution is -0.119. The largest absolute Gasteiger partial charge is 0.366 e. The van der Waals surface area contributed by atoms with Crippen LogP contribution in [0.5, 0.6) is 0 Å². The van der Waals surface area contributed by atoms with Crippen molar-refractivity contribution >= 4 is 11.8 Å². The van der Waals surface area contributed by atoms with E-state index < -0.39 is 5.91 Å². The number of amides is 2. The number of primary amides is 1. The maximum absolute atomic E-state index is 11.0. The second kappa shape index (κ2) is 6.00. The Bertz CT molecular complexity index is 430. The van der Waals surface area contributed by atoms with Gasteiger partial charge < -0.3 is 16.4 Å². The summed E-state index contributed by atoms with van der Waals surface area (Å²) in [7, 11) is 1.59. The Hall–Kier alpha value is -1.88. The summed E-state index contributed by atoms with van der Waals surface area (Å²) in [6.45, 7) is 2.76. The van der Waals surface area contributed by atoms with Gasteiger partial charge in [-0.3, -0.25) is 9.59 Å². The van der Waals surface area contributed by atoms with Crippen LogP contribution in [0.25, 0.3) is 0 Å². The van der Waals surface area contributed by atoms with Gasteiger partial charge in [-0.15, -0.1) is 0 Å². The molecular weight excluding hydrogens is 218 g/mol. The molecule has 1 aromatic rings. The fraction of sp³-hybridized carbons (Fsp3) is 0.333. The molecule has 0 unspecified atom stereocenters. The predicted octanol–water partition coefficient (Wildman–Crippen LogP) is -0.0705. The number of likely N-dealkylation sites (N-methyl/N-ethyl adjacent to an activating group) is 1. The van der Waals surface area contributed by atoms with Crippen molar-refractivity contribution < 1.29 is 9.59 Å². The van der Waals surface area contributed by atoms with Gasteiger partial charge in [0.1, 0.15) is 0 Å². The number of benzene rings is 1. The number of nitrogens with one attached hydrogen (secondary N) is 2. The van der Waals surface area contributed by atoms with Crippen molar-refractivity contribution in [3.8, 4) is 0 Å². The second-order valence-corrected chi connectivity index (χ2v) is 3.78. The quantitative estimate of drug-likeness (QED) is 0.668. The van der Waals surface area contributed by atoms with Crippen LogP contribution in [0.2, 0.25) is 0 Å². The minimum atomic E-state index is -0.432. The highest BCUT2D eigenvalue weighted by Gasteiger charge is 2.04. The first-order valence-electron chi connectivity index (χ1n) is 5.35. The van der Waals surface area contributed by atoms with Crippen LogP contribution in [-0.2, 0) is 11.3 Å². The van der Waals surface area contributed by atoms with Gasteiger partial charge in [0.05, 0.1) is 6.54 Å². The van der Waals surface area contributed by atoms with Crippen LogP contribution in [0.15, 0.2) is 18.2 Å². The smallest absolute Gasteiger partial charge is 0.248 e. The van der Waals surface area contributed by atoms with Gasteiger partial charge in [0.2, 0.25) is 11.8 Å². The highest BCUT2D eigenvalue weighted by molar-refractivity contribution is 5.93. The maximum Gasteiger partial charge on any atom is 0.248 e. The number of hydrogen-bond donors (Lipinski definition) is 3. The first-order valence-corrected chi connectivity index (χ1v) is 5.35. The van der Waals surface area contributed by atoms with E-state index in [1.54, 1.807) is 19.2 Å². The maximum atomic E-state index is 11.0. The lowest BCUT2D eigenvalue weighted by Crippen LogP contribution is -2.31. The van der Waals surface area contributed by atoms with E-state index in [1.165, 1.54) is 0 Å². The zero-order valence-electron chi connectivity index (χ0n) is 10.0. The van der Waals surface area contributed by atoms with Crippen LogP contribution >= 0.6 is 0 Å². The zero-order valence-corrected chi connectivity index (χ0v) is 10.0. The molecule has 4 N–H and O–H groups in total. The van der Waals surface area contributed by atoms with Crippen LogP contribution in [-0.4, -0.2) is 25.4 Å². The summed E-state index contributed by atoms with van der Waals surface area (Å²) in [5, 5.41) is 5.54. The van der Waals surface area contributed by atoms with Gasteiger partial charge >= 0.3 is 0 Å². The normalized spacial score (nSPS) is 10.0. The van der Waals surface area contributed by atoms with Gasteiger partial charge in [0.15, 0.2) is 0 Å². The van der Waals surface area contributed by atoms with Crippen LogP contribution in [0.1, 0.15) is 21.5 Å². The number of hydrogen-bond acceptors (Lipinski definition) is 3. The predicted molar refractivity (Wildman–Crippen MR) is 65.5 cm³/mol. The van der Waals surface area contributed by atoms with Crippen molar-refractivity contribution in [2.24, 2.45) is 5.73 Å². The summed E-state index contributed by atoms with van der Waals surface area (Å²) < 4.78 is 0. The molecule has 0 aromatic heterocycles. The Labute approximate surface area is 100 Å². The molecular formula is C12H17N3O2. The van der Waals surface area contributed by atoms with Gasteiger partial charge in [-0.1, -0.05) is 6.07 Å². The summed E-state index contributed by atoms with van der Waals surface area (Å²) in [6.07, 6.45) is 0. The number of nitrogens with two attached hydrogens (primary N) is 1. The van der Waals surface area contributed by atoms with Crippen LogP contribution in [0.3, 0.4) is 0 Å². The van der Waals surface area contributed by atoms with Crippen molar-refractivity contribution in [1.29, 1.82) is 0 Å². The van der Waals surface area contributed by atoms with Crippen LogP contribution in [0.4, 0.5) is 0 Å². The second-order valence-electron chi connectivity index (χ2n) is 3.78. The van der Waals surface area contributed by atoms with E-state index in [2.05, 4.69) is 10.6 Å². The van der Waals surface area contributed by atoms with Crippen molar-refractivity contribution in [3.05, 3.63) is 34.9 Å². The zero-order chi connectivity index (χ0) is 12.8. The molecule has 0 aliphatic carbocycles. The summed E-state index contributed by atoms with van der Waals surface area (Å²) in [4.78, 5) is 22.0. The molecule has 0 aliphatic rings. The number of carbonyl (C=O) groups excluding carboxylic acids is 2. The SMILES string of the molecule is CNC(=O)CNCc1ccc(C(N)=O)cc1C. The van der Waals surface area contributed by atoms with Crippen LogP contribution in [0, 0.1) is 6.92 Å². The molecule has 0 radical (unpaired) electrons. The average molecular weight is 235 g/mol. The third kappa shape index (κ3) is 3.88. The molecule has 0 atom stereocenters. The van der Waals surface area contributed by atoms with E-state index in [-0.39, 0.29) is 12.5 Å². The number of aryl methyl sites for hydroxylation is 1. The molecule has 17 heavy (non-hydrogen) atoms. The van der Waals surface area contributed by atoms with E-state index >= 15 is 0 Å². The molecule has 0 spiro atoms. The molecule has 0 fully saturated rings. The number of carbonyl (C=O) groups is 2. The van der Waals surface area contributed by atoms with Gasteiger partial charge in [0, 0.05) is 19.2 Å². The van der Waals surface area contributed by atoms with E-state index in [0.29, 0.717) is 12.1 Å². The average Bonchev–Trinajstić information content (AvgIpc) is 2.30. The molecule has 0 aliphatic heterocycles. The fourth-order valence-corrected chi connectivity index (χ4v) is 1.45. The highest BCUT2D eigenvalue weighted by atomic mass is 16.2. The summed E-state index contributed by atoms with van der Waals surface area (Å²) >= 11 is 0. The lowest BCUT2D eigenvalue weighted by atomic mass is 10.0. The van der Waals surface area contributed by atoms with Crippen LogP contribution < -0.4 is 16.4 Å². The van der Waals surface area contributed by atoms with Gasteiger partial charge in [-0.25, -0.2) is 0 Å². The highest BCUT2D eigenvalue weighted by Crippen LogP contribution is 2.10. The number of rotatable bonds is 5. The lowest BCUT2D eigenvalue weighted by Gasteiger charge is -2.08. The van der Waals surface area contributed by atoms with Gasteiger partial charge in [-0.2, -0.15) is 0 Å². The van der Waals surface area contributed by atoms with Gasteiger partial charge in [-0.05, 0) is 30.2 Å². The van der Waals surface area contributed by atoms with Gasteiger partial charge in [0.25, 0.3) is 0 Å². The molecule has 0 heterocycles. The third-order valence-electron chi connectivity index (χ3n) is 2.51. The Morgan fingerprint density at radius 2 is 2.06 bits per heavy atom. The van der Waals surface area contributed by atoms with E-state index in [4.69, 9.17) is 5.73 Å².